The summed E-state index contributed by atoms with van der Waals surface area (Å²) in [4.78, 5) is 23.9. The SMILES string of the molecule is C=C(C)[C@@H]1CC[C@]2(N)CC[C@]3(C)[C@H](CC[C@@H]4[C@@]5(C)CC=C(C6=CCC(C(=O)O)(C(=O)O)CC6)C(C)(C)[C@@H]5CC[C@]43C)[C@@H]12. The zero-order chi connectivity index (χ0) is 30.7. The average Bonchev–Trinajstić information content (AvgIpc) is 3.26. The third-order valence-electron chi connectivity index (χ3n) is 15.4. The van der Waals surface area contributed by atoms with Crippen molar-refractivity contribution in [2.45, 2.75) is 124 Å². The maximum absolute atomic E-state index is 11.9. The molecule has 4 fully saturated rings. The van der Waals surface area contributed by atoms with Crippen LogP contribution in [0.5, 0.6) is 0 Å². The Morgan fingerprint density at radius 1 is 0.833 bits per heavy atom. The summed E-state index contributed by atoms with van der Waals surface area (Å²) in [6, 6.07) is 0. The highest BCUT2D eigenvalue weighted by atomic mass is 16.4. The molecule has 6 aliphatic carbocycles. The lowest BCUT2D eigenvalue weighted by atomic mass is 9.33. The molecule has 0 saturated heterocycles. The van der Waals surface area contributed by atoms with Crippen LogP contribution in [0.1, 0.15) is 119 Å². The summed E-state index contributed by atoms with van der Waals surface area (Å²) >= 11 is 0. The van der Waals surface area contributed by atoms with Crippen molar-refractivity contribution in [3.05, 3.63) is 35.5 Å². The highest BCUT2D eigenvalue weighted by molar-refractivity contribution is 5.98. The quantitative estimate of drug-likeness (QED) is 0.231. The standard InChI is InChI=1S/C37H55NO4/c1-22(2)24-12-19-37(38)21-20-34(6)26(29(24)37)8-9-28-33(5)15-13-25(32(3,4)27(33)14-16-35(28,34)7)23-10-17-36(18-11-23,30(39)40)31(41)42/h10,13,24,26-29H,1,8-9,11-12,14-21,38H2,2-7H3,(H,39,40)(H,41,42)/t24-,26+,27-,28+,29+,33-,34+,35+,37-/m0/s1. The van der Waals surface area contributed by atoms with E-state index in [1.807, 2.05) is 6.08 Å². The lowest BCUT2D eigenvalue weighted by molar-refractivity contribution is -0.219. The molecule has 4 saturated carbocycles. The molecule has 0 aromatic heterocycles. The van der Waals surface area contributed by atoms with Crippen molar-refractivity contribution in [1.29, 1.82) is 0 Å². The monoisotopic (exact) mass is 577 g/mol. The molecule has 5 heteroatoms. The number of carbonyl (C=O) groups is 2. The fraction of sp³-hybridized carbons (Fsp3) is 0.784. The number of carboxylic acids is 2. The molecular formula is C37H55NO4. The van der Waals surface area contributed by atoms with Crippen LogP contribution in [0.15, 0.2) is 35.5 Å². The number of rotatable bonds is 4. The lowest BCUT2D eigenvalue weighted by Gasteiger charge is -2.72. The van der Waals surface area contributed by atoms with Crippen LogP contribution < -0.4 is 5.73 Å². The average molecular weight is 578 g/mol. The molecule has 0 aromatic rings. The summed E-state index contributed by atoms with van der Waals surface area (Å²) in [5.41, 5.74) is 10.1. The predicted octanol–water partition coefficient (Wildman–Crippen LogP) is 8.16. The van der Waals surface area contributed by atoms with Crippen LogP contribution in [-0.4, -0.2) is 27.7 Å². The van der Waals surface area contributed by atoms with Crippen molar-refractivity contribution in [1.82, 2.24) is 0 Å². The summed E-state index contributed by atoms with van der Waals surface area (Å²) in [7, 11) is 0. The van der Waals surface area contributed by atoms with Gasteiger partial charge in [0.25, 0.3) is 0 Å². The molecule has 0 unspecified atom stereocenters. The molecule has 0 bridgehead atoms. The summed E-state index contributed by atoms with van der Waals surface area (Å²) in [5.74, 6) is 0.564. The van der Waals surface area contributed by atoms with Gasteiger partial charge < -0.3 is 15.9 Å². The second-order valence-electron chi connectivity index (χ2n) is 17.1. The molecule has 0 spiro atoms. The van der Waals surface area contributed by atoms with Gasteiger partial charge in [-0.05, 0) is 146 Å². The molecule has 232 valence electrons. The van der Waals surface area contributed by atoms with Crippen molar-refractivity contribution in [3.8, 4) is 0 Å². The van der Waals surface area contributed by atoms with Crippen LogP contribution in [0.4, 0.5) is 0 Å². The van der Waals surface area contributed by atoms with E-state index in [9.17, 15) is 19.8 Å². The zero-order valence-corrected chi connectivity index (χ0v) is 27.0. The van der Waals surface area contributed by atoms with Crippen molar-refractivity contribution >= 4 is 11.9 Å². The Morgan fingerprint density at radius 2 is 1.52 bits per heavy atom. The molecule has 0 radical (unpaired) electrons. The van der Waals surface area contributed by atoms with Gasteiger partial charge in [0.2, 0.25) is 0 Å². The predicted molar refractivity (Wildman–Crippen MR) is 167 cm³/mol. The van der Waals surface area contributed by atoms with Crippen molar-refractivity contribution in [2.75, 3.05) is 0 Å². The van der Waals surface area contributed by atoms with Gasteiger partial charge in [0.05, 0.1) is 0 Å². The number of nitrogens with two attached hydrogens (primary N) is 1. The molecule has 6 aliphatic rings. The number of carboxylic acid groups (broad SMARTS) is 2. The topological polar surface area (TPSA) is 101 Å². The van der Waals surface area contributed by atoms with E-state index < -0.39 is 17.4 Å². The number of hydrogen-bond donors (Lipinski definition) is 3. The number of fused-ring (bicyclic) bond motifs is 7. The first kappa shape index (κ1) is 30.2. The Kier molecular flexibility index (Phi) is 6.69. The molecule has 9 atom stereocenters. The van der Waals surface area contributed by atoms with Crippen LogP contribution in [0.2, 0.25) is 0 Å². The molecule has 0 aromatic carbocycles. The fourth-order valence-corrected chi connectivity index (χ4v) is 12.9. The fourth-order valence-electron chi connectivity index (χ4n) is 12.9. The Balaban J connectivity index is 1.33. The largest absolute Gasteiger partial charge is 0.480 e. The van der Waals surface area contributed by atoms with E-state index in [1.54, 1.807) is 0 Å². The normalized spacial score (nSPS) is 47.1. The van der Waals surface area contributed by atoms with Gasteiger partial charge in [-0.3, -0.25) is 9.59 Å². The molecule has 42 heavy (non-hydrogen) atoms. The van der Waals surface area contributed by atoms with Crippen LogP contribution in [0, 0.1) is 56.7 Å². The Labute approximate surface area is 253 Å². The second kappa shape index (κ2) is 9.31. The molecular weight excluding hydrogens is 522 g/mol. The van der Waals surface area contributed by atoms with E-state index in [4.69, 9.17) is 5.73 Å². The highest BCUT2D eigenvalue weighted by Gasteiger charge is 2.70. The van der Waals surface area contributed by atoms with E-state index in [1.165, 1.54) is 55.2 Å². The molecule has 6 rings (SSSR count). The smallest absolute Gasteiger partial charge is 0.321 e. The zero-order valence-electron chi connectivity index (χ0n) is 27.0. The Morgan fingerprint density at radius 3 is 2.12 bits per heavy atom. The first-order valence-corrected chi connectivity index (χ1v) is 16.8. The van der Waals surface area contributed by atoms with Gasteiger partial charge in [-0.1, -0.05) is 58.9 Å². The molecule has 0 heterocycles. The summed E-state index contributed by atoms with van der Waals surface area (Å²) in [6.45, 7) is 19.4. The van der Waals surface area contributed by atoms with Crippen LogP contribution in [0.25, 0.3) is 0 Å². The Hall–Kier alpha value is -1.88. The van der Waals surface area contributed by atoms with Crippen LogP contribution in [0.3, 0.4) is 0 Å². The third kappa shape index (κ3) is 3.70. The number of allylic oxidation sites excluding steroid dienone is 5. The van der Waals surface area contributed by atoms with Gasteiger partial charge in [-0.15, -0.1) is 0 Å². The van der Waals surface area contributed by atoms with Gasteiger partial charge >= 0.3 is 11.9 Å². The summed E-state index contributed by atoms with van der Waals surface area (Å²) in [6.07, 6.45) is 16.0. The van der Waals surface area contributed by atoms with E-state index in [0.717, 1.165) is 19.3 Å². The van der Waals surface area contributed by atoms with Crippen LogP contribution >= 0.6 is 0 Å². The minimum Gasteiger partial charge on any atom is -0.480 e. The summed E-state index contributed by atoms with van der Waals surface area (Å²) < 4.78 is 0. The minimum absolute atomic E-state index is 0.0187. The van der Waals surface area contributed by atoms with Gasteiger partial charge in [0.1, 0.15) is 0 Å². The van der Waals surface area contributed by atoms with E-state index in [-0.39, 0.29) is 40.0 Å². The minimum atomic E-state index is -1.69. The number of aliphatic carboxylic acids is 2. The molecule has 5 nitrogen and oxygen atoms in total. The molecule has 0 aliphatic heterocycles. The van der Waals surface area contributed by atoms with E-state index in [2.05, 4.69) is 54.2 Å². The summed E-state index contributed by atoms with van der Waals surface area (Å²) in [5, 5.41) is 19.5. The first-order chi connectivity index (χ1) is 19.5. The van der Waals surface area contributed by atoms with Crippen molar-refractivity contribution in [2.24, 2.45) is 62.4 Å². The Bertz CT molecular complexity index is 1260. The van der Waals surface area contributed by atoms with Crippen molar-refractivity contribution < 1.29 is 19.8 Å². The van der Waals surface area contributed by atoms with Gasteiger partial charge in [0.15, 0.2) is 5.41 Å². The van der Waals surface area contributed by atoms with E-state index in [0.29, 0.717) is 36.0 Å². The maximum atomic E-state index is 11.9. The van der Waals surface area contributed by atoms with Crippen LogP contribution in [-0.2, 0) is 9.59 Å². The molecule has 0 amide bonds. The third-order valence-corrected chi connectivity index (χ3v) is 15.4. The number of hydrogen-bond acceptors (Lipinski definition) is 3. The highest BCUT2D eigenvalue weighted by Crippen LogP contribution is 2.76. The first-order valence-electron chi connectivity index (χ1n) is 16.8. The lowest BCUT2D eigenvalue weighted by Crippen LogP contribution is -2.67. The van der Waals surface area contributed by atoms with Gasteiger partial charge in [0, 0.05) is 5.54 Å². The van der Waals surface area contributed by atoms with Crippen molar-refractivity contribution in [3.63, 3.8) is 0 Å². The van der Waals surface area contributed by atoms with E-state index >= 15 is 0 Å². The second-order valence-corrected chi connectivity index (χ2v) is 17.1. The van der Waals surface area contributed by atoms with Gasteiger partial charge in [-0.25, -0.2) is 0 Å². The maximum Gasteiger partial charge on any atom is 0.321 e. The molecule has 4 N–H and O–H groups in total. The van der Waals surface area contributed by atoms with Gasteiger partial charge in [-0.2, -0.15) is 0 Å².